The number of para-hydroxylation sites is 3. The first-order chi connectivity index (χ1) is 42.7. The zero-order valence-electron chi connectivity index (χ0n) is 46.8. The van der Waals surface area contributed by atoms with Crippen molar-refractivity contribution >= 4 is 109 Å². The maximum atomic E-state index is 6.54. The minimum Gasteiger partial charge on any atom is -0.456 e. The Hall–Kier alpha value is -11.3. The van der Waals surface area contributed by atoms with Crippen molar-refractivity contribution in [1.29, 1.82) is 0 Å². The summed E-state index contributed by atoms with van der Waals surface area (Å²) in [6.45, 7) is 0. The highest BCUT2D eigenvalue weighted by atomic mass is 16.3. The van der Waals surface area contributed by atoms with Gasteiger partial charge in [-0.3, -0.25) is 0 Å². The van der Waals surface area contributed by atoms with Gasteiger partial charge in [0.2, 0.25) is 0 Å². The van der Waals surface area contributed by atoms with Crippen molar-refractivity contribution in [3.8, 4) is 66.8 Å². The summed E-state index contributed by atoms with van der Waals surface area (Å²) in [6.07, 6.45) is 0. The third-order valence-electron chi connectivity index (χ3n) is 17.8. The summed E-state index contributed by atoms with van der Waals surface area (Å²) in [5, 5.41) is 19.7. The van der Waals surface area contributed by atoms with Crippen LogP contribution in [0.2, 0.25) is 0 Å². The maximum absolute atomic E-state index is 6.54. The fourth-order valence-corrected chi connectivity index (χ4v) is 13.9. The summed E-state index contributed by atoms with van der Waals surface area (Å²) in [7, 11) is 0. The van der Waals surface area contributed by atoms with Gasteiger partial charge in [-0.25, -0.2) is 0 Å². The summed E-state index contributed by atoms with van der Waals surface area (Å²) in [6, 6.07) is 114. The third-order valence-corrected chi connectivity index (χ3v) is 17.8. The van der Waals surface area contributed by atoms with Crippen LogP contribution in [0.4, 0.5) is 0 Å². The summed E-state index contributed by atoms with van der Waals surface area (Å²) >= 11 is 0. The first kappa shape index (κ1) is 49.3. The summed E-state index contributed by atoms with van der Waals surface area (Å²) in [4.78, 5) is 0. The van der Waals surface area contributed by atoms with Gasteiger partial charge < -0.3 is 8.83 Å². The molecule has 2 nitrogen and oxygen atoms in total. The van der Waals surface area contributed by atoms with Crippen LogP contribution < -0.4 is 0 Å². The Morgan fingerprint density at radius 2 is 0.488 bits per heavy atom. The van der Waals surface area contributed by atoms with E-state index in [0.29, 0.717) is 0 Å². The molecule has 0 spiro atoms. The SMILES string of the molecule is c1ccc2c(-c3c4ccccc4c(-c4ccc(-c5ccc6oc7ccccc7c6c5)cc4)c4ccccc34)cccc2c1.c1ccc2c(-c3ccc(-c4c5ccccc5c(-c5cccc6c5oc5ccccc56)c5ccccc45)cc3)cccc2c1. The molecular weight excluding hydrogens is 1040 g/mol. The highest BCUT2D eigenvalue weighted by Crippen LogP contribution is 2.49. The van der Waals surface area contributed by atoms with E-state index in [1.54, 1.807) is 0 Å². The predicted octanol–water partition coefficient (Wildman–Crippen LogP) is 24.1. The smallest absolute Gasteiger partial charge is 0.143 e. The molecule has 18 rings (SSSR count). The minimum absolute atomic E-state index is 0.918. The van der Waals surface area contributed by atoms with E-state index in [0.717, 1.165) is 49.4 Å². The lowest BCUT2D eigenvalue weighted by Gasteiger charge is -2.19. The first-order valence-electron chi connectivity index (χ1n) is 29.5. The lowest BCUT2D eigenvalue weighted by molar-refractivity contribution is 0.669. The molecule has 0 bridgehead atoms. The van der Waals surface area contributed by atoms with Crippen LogP contribution in [0.3, 0.4) is 0 Å². The largest absolute Gasteiger partial charge is 0.456 e. The highest BCUT2D eigenvalue weighted by molar-refractivity contribution is 6.26. The number of rotatable bonds is 6. The summed E-state index contributed by atoms with van der Waals surface area (Å²) in [5.74, 6) is 0. The summed E-state index contributed by atoms with van der Waals surface area (Å²) < 4.78 is 12.6. The van der Waals surface area contributed by atoms with Crippen LogP contribution in [0.1, 0.15) is 0 Å². The van der Waals surface area contributed by atoms with Crippen LogP contribution >= 0.6 is 0 Å². The topological polar surface area (TPSA) is 26.3 Å². The number of benzene rings is 16. The summed E-state index contributed by atoms with van der Waals surface area (Å²) in [5.41, 5.74) is 18.4. The molecule has 0 fully saturated rings. The van der Waals surface area contributed by atoms with E-state index in [2.05, 4.69) is 297 Å². The lowest BCUT2D eigenvalue weighted by Crippen LogP contribution is -1.91. The molecule has 0 amide bonds. The molecule has 2 heterocycles. The molecule has 0 aliphatic heterocycles. The van der Waals surface area contributed by atoms with Gasteiger partial charge in [0.05, 0.1) is 0 Å². The van der Waals surface area contributed by atoms with Gasteiger partial charge in [0.1, 0.15) is 22.3 Å². The zero-order chi connectivity index (χ0) is 56.7. The van der Waals surface area contributed by atoms with Crippen molar-refractivity contribution in [2.75, 3.05) is 0 Å². The Balaban J connectivity index is 0.000000134. The van der Waals surface area contributed by atoms with Gasteiger partial charge in [-0.1, -0.05) is 291 Å². The molecular formula is C84H52O2. The quantitative estimate of drug-likeness (QED) is 0.155. The van der Waals surface area contributed by atoms with Crippen LogP contribution in [0.5, 0.6) is 0 Å². The molecule has 0 N–H and O–H groups in total. The van der Waals surface area contributed by atoms with Gasteiger partial charge in [0, 0.05) is 32.7 Å². The molecule has 0 radical (unpaired) electrons. The van der Waals surface area contributed by atoms with E-state index in [-0.39, 0.29) is 0 Å². The third kappa shape index (κ3) is 8.03. The second-order valence-corrected chi connectivity index (χ2v) is 22.5. The van der Waals surface area contributed by atoms with Crippen LogP contribution in [0, 0.1) is 0 Å². The average Bonchev–Trinajstić information content (AvgIpc) is 1.02. The van der Waals surface area contributed by atoms with Gasteiger partial charge in [0.15, 0.2) is 0 Å². The van der Waals surface area contributed by atoms with Crippen molar-refractivity contribution in [3.05, 3.63) is 315 Å². The van der Waals surface area contributed by atoms with E-state index in [9.17, 15) is 0 Å². The normalized spacial score (nSPS) is 11.7. The molecule has 0 unspecified atom stereocenters. The van der Waals surface area contributed by atoms with Crippen molar-refractivity contribution in [3.63, 3.8) is 0 Å². The van der Waals surface area contributed by atoms with Crippen molar-refractivity contribution < 1.29 is 8.83 Å². The van der Waals surface area contributed by atoms with E-state index >= 15 is 0 Å². The molecule has 0 aliphatic rings. The molecule has 400 valence electrons. The molecule has 0 atom stereocenters. The maximum Gasteiger partial charge on any atom is 0.143 e. The van der Waals surface area contributed by atoms with Gasteiger partial charge in [-0.05, 0) is 145 Å². The fourth-order valence-electron chi connectivity index (χ4n) is 13.9. The second kappa shape index (κ2) is 20.2. The van der Waals surface area contributed by atoms with Crippen molar-refractivity contribution in [2.24, 2.45) is 0 Å². The van der Waals surface area contributed by atoms with Crippen molar-refractivity contribution in [1.82, 2.24) is 0 Å². The van der Waals surface area contributed by atoms with Crippen LogP contribution in [0.15, 0.2) is 324 Å². The lowest BCUT2D eigenvalue weighted by atomic mass is 9.84. The minimum atomic E-state index is 0.918. The molecule has 16 aromatic carbocycles. The van der Waals surface area contributed by atoms with E-state index in [1.165, 1.54) is 126 Å². The van der Waals surface area contributed by atoms with E-state index in [4.69, 9.17) is 8.83 Å². The van der Waals surface area contributed by atoms with Crippen LogP contribution in [-0.2, 0) is 0 Å². The Labute approximate surface area is 496 Å². The highest BCUT2D eigenvalue weighted by Gasteiger charge is 2.22. The van der Waals surface area contributed by atoms with E-state index in [1.807, 2.05) is 18.2 Å². The van der Waals surface area contributed by atoms with Gasteiger partial charge in [-0.15, -0.1) is 0 Å². The van der Waals surface area contributed by atoms with Gasteiger partial charge in [-0.2, -0.15) is 0 Å². The Morgan fingerprint density at radius 3 is 1.02 bits per heavy atom. The number of hydrogen-bond donors (Lipinski definition) is 0. The first-order valence-corrected chi connectivity index (χ1v) is 29.5. The molecule has 2 aromatic heterocycles. The van der Waals surface area contributed by atoms with Gasteiger partial charge in [0.25, 0.3) is 0 Å². The van der Waals surface area contributed by atoms with Crippen LogP contribution in [-0.4, -0.2) is 0 Å². The standard InChI is InChI=1S/2C42H26O/c1-2-13-30-27(11-1)12-9-19-31(30)28-23-25-29(26-24-28)40-33-15-3-5-17-35(33)41(36-18-6-4-16-34(36)40)38-21-10-20-37-32-14-7-8-22-39(32)43-42(37)38;1-2-12-31-28(10-1)11-9-18-33(31)42-36-16-5-3-14-34(36)41(35-15-4-6-17-37(35)42)29-22-20-27(21-23-29)30-24-25-40-38(26-30)32-13-7-8-19-39(32)43-40/h2*1-26H. The van der Waals surface area contributed by atoms with Crippen LogP contribution in [0.25, 0.3) is 175 Å². The molecule has 2 heteroatoms. The molecule has 18 aromatic rings. The average molecular weight is 1090 g/mol. The number of furan rings is 2. The molecule has 0 saturated carbocycles. The fraction of sp³-hybridized carbons (Fsp3) is 0. The van der Waals surface area contributed by atoms with Crippen molar-refractivity contribution in [2.45, 2.75) is 0 Å². The molecule has 0 aliphatic carbocycles. The zero-order valence-corrected chi connectivity index (χ0v) is 46.8. The second-order valence-electron chi connectivity index (χ2n) is 22.5. The Bertz CT molecular complexity index is 5580. The number of fused-ring (bicyclic) bond motifs is 12. The predicted molar refractivity (Wildman–Crippen MR) is 365 cm³/mol. The number of hydrogen-bond acceptors (Lipinski definition) is 2. The van der Waals surface area contributed by atoms with Gasteiger partial charge >= 0.3 is 0 Å². The Kier molecular flexibility index (Phi) is 11.6. The molecule has 86 heavy (non-hydrogen) atoms. The molecule has 0 saturated heterocycles. The van der Waals surface area contributed by atoms with E-state index < -0.39 is 0 Å². The monoisotopic (exact) mass is 1090 g/mol. The Morgan fingerprint density at radius 1 is 0.163 bits per heavy atom.